The van der Waals surface area contributed by atoms with Crippen molar-refractivity contribution in [2.75, 3.05) is 0 Å². The van der Waals surface area contributed by atoms with Crippen LogP contribution in [-0.4, -0.2) is 12.6 Å². The van der Waals surface area contributed by atoms with E-state index in [1.54, 1.807) is 0 Å². The molecule has 0 fully saturated rings. The molecule has 1 aromatic carbocycles. The second-order valence-electron chi connectivity index (χ2n) is 2.14. The molecule has 0 radical (unpaired) electrons. The van der Waals surface area contributed by atoms with Gasteiger partial charge in [-0.05, 0) is 12.1 Å². The van der Waals surface area contributed by atoms with Gasteiger partial charge in [0, 0.05) is 5.56 Å². The Hall–Kier alpha value is -1.52. The van der Waals surface area contributed by atoms with Crippen molar-refractivity contribution < 1.29 is 24.1 Å². The molecule has 0 spiro atoms. The molecule has 0 saturated heterocycles. The van der Waals surface area contributed by atoms with E-state index in [-0.39, 0.29) is 5.56 Å². The SMILES string of the molecule is [2H]c1c(C=O)cccc1OC(F)(F)F. The van der Waals surface area contributed by atoms with E-state index in [2.05, 4.69) is 4.74 Å². The van der Waals surface area contributed by atoms with Gasteiger partial charge in [-0.3, -0.25) is 4.79 Å². The van der Waals surface area contributed by atoms with Gasteiger partial charge < -0.3 is 4.74 Å². The molecule has 1 aromatic rings. The van der Waals surface area contributed by atoms with Crippen LogP contribution in [0, 0.1) is 0 Å². The molecule has 0 aromatic heterocycles. The first-order valence-corrected chi connectivity index (χ1v) is 3.24. The predicted molar refractivity (Wildman–Crippen MR) is 38.5 cm³/mol. The molecule has 0 aliphatic rings. The first-order valence-electron chi connectivity index (χ1n) is 3.74. The van der Waals surface area contributed by atoms with Crippen molar-refractivity contribution in [3.63, 3.8) is 0 Å². The minimum Gasteiger partial charge on any atom is -0.406 e. The number of carbonyl (C=O) groups excluding carboxylic acids is 1. The number of hydrogen-bond acceptors (Lipinski definition) is 2. The van der Waals surface area contributed by atoms with Crippen LogP contribution in [0.1, 0.15) is 11.7 Å². The van der Waals surface area contributed by atoms with Crippen LogP contribution >= 0.6 is 0 Å². The lowest BCUT2D eigenvalue weighted by atomic mass is 10.2. The molecule has 0 unspecified atom stereocenters. The first kappa shape index (κ1) is 8.10. The Morgan fingerprint density at radius 2 is 2.15 bits per heavy atom. The second-order valence-corrected chi connectivity index (χ2v) is 2.14. The third-order valence-corrected chi connectivity index (χ3v) is 1.14. The fraction of sp³-hybridized carbons (Fsp3) is 0.125. The minimum absolute atomic E-state index is 0.147. The molecule has 0 amide bonds. The maximum atomic E-state index is 11.8. The summed E-state index contributed by atoms with van der Waals surface area (Å²) < 4.78 is 46.0. The van der Waals surface area contributed by atoms with Gasteiger partial charge in [0.15, 0.2) is 0 Å². The Kier molecular flexibility index (Phi) is 2.16. The standard InChI is InChI=1S/C8H5F3O2/c9-8(10,11)13-7-3-1-2-6(4-7)5-12/h1-5H/i4D. The Morgan fingerprint density at radius 1 is 1.46 bits per heavy atom. The van der Waals surface area contributed by atoms with Crippen molar-refractivity contribution in [1.82, 2.24) is 0 Å². The van der Waals surface area contributed by atoms with Crippen LogP contribution in [0.2, 0.25) is 0 Å². The van der Waals surface area contributed by atoms with E-state index in [0.717, 1.165) is 6.07 Å². The van der Waals surface area contributed by atoms with Gasteiger partial charge in [-0.15, -0.1) is 13.2 Å². The molecule has 0 N–H and O–H groups in total. The number of aldehydes is 1. The summed E-state index contributed by atoms with van der Waals surface area (Å²) in [4.78, 5) is 10.3. The molecule has 2 nitrogen and oxygen atoms in total. The van der Waals surface area contributed by atoms with Crippen LogP contribution in [0.5, 0.6) is 5.75 Å². The van der Waals surface area contributed by atoms with Crippen molar-refractivity contribution in [2.45, 2.75) is 6.36 Å². The van der Waals surface area contributed by atoms with Gasteiger partial charge in [0.2, 0.25) is 0 Å². The van der Waals surface area contributed by atoms with Crippen molar-refractivity contribution in [3.8, 4) is 5.75 Å². The summed E-state index contributed by atoms with van der Waals surface area (Å²) >= 11 is 0. The molecule has 0 aliphatic carbocycles. The predicted octanol–water partition coefficient (Wildman–Crippen LogP) is 2.40. The molecule has 0 heterocycles. The molecule has 0 atom stereocenters. The number of halogens is 3. The van der Waals surface area contributed by atoms with Crippen molar-refractivity contribution in [2.24, 2.45) is 0 Å². The van der Waals surface area contributed by atoms with Crippen molar-refractivity contribution in [3.05, 3.63) is 29.8 Å². The van der Waals surface area contributed by atoms with Crippen LogP contribution in [-0.2, 0) is 0 Å². The van der Waals surface area contributed by atoms with E-state index >= 15 is 0 Å². The van der Waals surface area contributed by atoms with Gasteiger partial charge in [0.1, 0.15) is 12.0 Å². The molecule has 5 heteroatoms. The Bertz CT molecular complexity index is 349. The highest BCUT2D eigenvalue weighted by atomic mass is 19.4. The Balaban J connectivity index is 3.04. The summed E-state index contributed by atoms with van der Waals surface area (Å²) in [5.74, 6) is -0.679. The maximum Gasteiger partial charge on any atom is 0.573 e. The Morgan fingerprint density at radius 3 is 2.69 bits per heavy atom. The molecule has 0 saturated carbocycles. The fourth-order valence-corrected chi connectivity index (χ4v) is 0.718. The van der Waals surface area contributed by atoms with E-state index in [4.69, 9.17) is 1.37 Å². The minimum atomic E-state index is -4.85. The summed E-state index contributed by atoms with van der Waals surface area (Å²) in [7, 11) is 0. The summed E-state index contributed by atoms with van der Waals surface area (Å²) in [6.45, 7) is 0. The van der Waals surface area contributed by atoms with Crippen molar-refractivity contribution >= 4 is 6.29 Å². The zero-order valence-electron chi connectivity index (χ0n) is 7.26. The summed E-state index contributed by atoms with van der Waals surface area (Å²) in [5.41, 5.74) is -0.147. The number of benzene rings is 1. The van der Waals surface area contributed by atoms with Gasteiger partial charge >= 0.3 is 6.36 Å². The normalized spacial score (nSPS) is 12.1. The van der Waals surface area contributed by atoms with Crippen molar-refractivity contribution in [1.29, 1.82) is 0 Å². The molecular weight excluding hydrogens is 185 g/mol. The highest BCUT2D eigenvalue weighted by Crippen LogP contribution is 2.22. The van der Waals surface area contributed by atoms with Crippen LogP contribution in [0.15, 0.2) is 24.2 Å². The lowest BCUT2D eigenvalue weighted by molar-refractivity contribution is -0.274. The van der Waals surface area contributed by atoms with Gasteiger partial charge in [-0.25, -0.2) is 0 Å². The highest BCUT2D eigenvalue weighted by molar-refractivity contribution is 5.75. The third kappa shape index (κ3) is 3.14. The zero-order valence-corrected chi connectivity index (χ0v) is 6.26. The van der Waals surface area contributed by atoms with Gasteiger partial charge in [-0.2, -0.15) is 0 Å². The van der Waals surface area contributed by atoms with E-state index < -0.39 is 18.2 Å². The summed E-state index contributed by atoms with van der Waals surface area (Å²) in [6, 6.07) is 2.85. The number of alkyl halides is 3. The fourth-order valence-electron chi connectivity index (χ4n) is 0.718. The highest BCUT2D eigenvalue weighted by Gasteiger charge is 2.30. The lowest BCUT2D eigenvalue weighted by Gasteiger charge is -2.08. The molecule has 0 bridgehead atoms. The van der Waals surface area contributed by atoms with E-state index in [1.165, 1.54) is 12.1 Å². The monoisotopic (exact) mass is 191 g/mol. The average molecular weight is 191 g/mol. The smallest absolute Gasteiger partial charge is 0.406 e. The summed E-state index contributed by atoms with van der Waals surface area (Å²) in [6.07, 6.45) is -4.55. The maximum absolute atomic E-state index is 11.8. The van der Waals surface area contributed by atoms with E-state index in [0.29, 0.717) is 6.29 Å². The van der Waals surface area contributed by atoms with Gasteiger partial charge in [-0.1, -0.05) is 12.1 Å². The van der Waals surface area contributed by atoms with Crippen LogP contribution in [0.3, 0.4) is 0 Å². The molecule has 13 heavy (non-hydrogen) atoms. The van der Waals surface area contributed by atoms with Gasteiger partial charge in [0.25, 0.3) is 0 Å². The largest absolute Gasteiger partial charge is 0.573 e. The van der Waals surface area contributed by atoms with Crippen LogP contribution < -0.4 is 4.74 Å². The quantitative estimate of drug-likeness (QED) is 0.671. The van der Waals surface area contributed by atoms with Crippen LogP contribution in [0.4, 0.5) is 13.2 Å². The molecule has 1 rings (SSSR count). The lowest BCUT2D eigenvalue weighted by Crippen LogP contribution is -2.17. The molecular formula is C8H5F3O2. The topological polar surface area (TPSA) is 26.3 Å². The second kappa shape index (κ2) is 3.47. The summed E-state index contributed by atoms with van der Waals surface area (Å²) in [5, 5.41) is 0. The van der Waals surface area contributed by atoms with E-state index in [9.17, 15) is 18.0 Å². The first-order chi connectivity index (χ1) is 6.44. The average Bonchev–Trinajstić information content (AvgIpc) is 2.06. The van der Waals surface area contributed by atoms with Crippen LogP contribution in [0.25, 0.3) is 0 Å². The molecule has 70 valence electrons. The Labute approximate surface area is 73.3 Å². The number of carbonyl (C=O) groups is 1. The third-order valence-electron chi connectivity index (χ3n) is 1.14. The van der Waals surface area contributed by atoms with Gasteiger partial charge in [0.05, 0.1) is 1.37 Å². The van der Waals surface area contributed by atoms with E-state index in [1.807, 2.05) is 0 Å². The zero-order chi connectivity index (χ0) is 10.8. The number of hydrogen-bond donors (Lipinski definition) is 0. The molecule has 0 aliphatic heterocycles. The number of ether oxygens (including phenoxy) is 1. The number of rotatable bonds is 2.